The molecule has 0 aromatic heterocycles. The van der Waals surface area contributed by atoms with E-state index in [9.17, 15) is 9.18 Å². The molecular formula is C12H9FO2. The van der Waals surface area contributed by atoms with Crippen LogP contribution in [0.1, 0.15) is 6.92 Å². The first-order valence-electron chi connectivity index (χ1n) is 4.53. The molecule has 0 amide bonds. The number of rotatable bonds is 1. The smallest absolute Gasteiger partial charge is 0.308 e. The van der Waals surface area contributed by atoms with E-state index in [4.69, 9.17) is 4.74 Å². The fourth-order valence-electron chi connectivity index (χ4n) is 1.42. The predicted octanol–water partition coefficient (Wildman–Crippen LogP) is 2.90. The van der Waals surface area contributed by atoms with Crippen molar-refractivity contribution in [2.24, 2.45) is 0 Å². The number of carbonyl (C=O) groups excluding carboxylic acids is 1. The minimum Gasteiger partial charge on any atom is -0.427 e. The summed E-state index contributed by atoms with van der Waals surface area (Å²) in [4.78, 5) is 10.7. The van der Waals surface area contributed by atoms with Crippen molar-refractivity contribution in [1.82, 2.24) is 0 Å². The second-order valence-electron chi connectivity index (χ2n) is 3.25. The fraction of sp³-hybridized carbons (Fsp3) is 0.0833. The lowest BCUT2D eigenvalue weighted by Crippen LogP contribution is -2.00. The quantitative estimate of drug-likeness (QED) is 0.527. The Morgan fingerprint density at radius 3 is 2.53 bits per heavy atom. The summed E-state index contributed by atoms with van der Waals surface area (Å²) in [5.74, 6) is -0.166. The number of esters is 1. The van der Waals surface area contributed by atoms with Crippen LogP contribution < -0.4 is 4.74 Å². The van der Waals surface area contributed by atoms with Crippen LogP contribution >= 0.6 is 0 Å². The molecule has 15 heavy (non-hydrogen) atoms. The van der Waals surface area contributed by atoms with Crippen LogP contribution in [0, 0.1) is 5.82 Å². The lowest BCUT2D eigenvalue weighted by Gasteiger charge is -2.03. The summed E-state index contributed by atoms with van der Waals surface area (Å²) in [6.45, 7) is 1.34. The maximum atomic E-state index is 12.9. The Hall–Kier alpha value is -1.90. The number of fused-ring (bicyclic) bond motifs is 1. The topological polar surface area (TPSA) is 26.3 Å². The number of benzene rings is 2. The van der Waals surface area contributed by atoms with E-state index in [1.54, 1.807) is 24.3 Å². The number of hydrogen-bond donors (Lipinski definition) is 0. The molecule has 0 saturated carbocycles. The lowest BCUT2D eigenvalue weighted by atomic mass is 10.1. The Kier molecular flexibility index (Phi) is 2.37. The van der Waals surface area contributed by atoms with Crippen LogP contribution in [-0.2, 0) is 4.79 Å². The molecule has 2 nitrogen and oxygen atoms in total. The molecule has 0 spiro atoms. The molecule has 0 radical (unpaired) electrons. The van der Waals surface area contributed by atoms with E-state index in [1.807, 2.05) is 0 Å². The third kappa shape index (κ3) is 2.13. The molecule has 2 aromatic rings. The van der Waals surface area contributed by atoms with Crippen LogP contribution in [-0.4, -0.2) is 5.97 Å². The highest BCUT2D eigenvalue weighted by Gasteiger charge is 2.00. The van der Waals surface area contributed by atoms with Gasteiger partial charge in [0.15, 0.2) is 0 Å². The molecular weight excluding hydrogens is 195 g/mol. The molecule has 76 valence electrons. The minimum absolute atomic E-state index is 0.275. The van der Waals surface area contributed by atoms with Crippen LogP contribution in [0.3, 0.4) is 0 Å². The number of carbonyl (C=O) groups is 1. The first-order valence-corrected chi connectivity index (χ1v) is 4.53. The second kappa shape index (κ2) is 3.69. The average Bonchev–Trinajstić information content (AvgIpc) is 2.17. The molecule has 0 heterocycles. The molecule has 0 aliphatic carbocycles. The van der Waals surface area contributed by atoms with Crippen LogP contribution in [0.4, 0.5) is 4.39 Å². The summed E-state index contributed by atoms with van der Waals surface area (Å²) in [7, 11) is 0. The predicted molar refractivity (Wildman–Crippen MR) is 55.2 cm³/mol. The highest BCUT2D eigenvalue weighted by molar-refractivity contribution is 5.84. The Labute approximate surface area is 86.3 Å². The van der Waals surface area contributed by atoms with Crippen LogP contribution in [0.2, 0.25) is 0 Å². The molecule has 2 rings (SSSR count). The van der Waals surface area contributed by atoms with Gasteiger partial charge in [0.1, 0.15) is 11.6 Å². The normalized spacial score (nSPS) is 10.3. The molecule has 3 heteroatoms. The van der Waals surface area contributed by atoms with Crippen LogP contribution in [0.15, 0.2) is 36.4 Å². The van der Waals surface area contributed by atoms with E-state index in [2.05, 4.69) is 0 Å². The second-order valence-corrected chi connectivity index (χ2v) is 3.25. The molecule has 0 atom stereocenters. The van der Waals surface area contributed by atoms with Crippen molar-refractivity contribution in [2.45, 2.75) is 6.92 Å². The van der Waals surface area contributed by atoms with Crippen molar-refractivity contribution >= 4 is 16.7 Å². The zero-order chi connectivity index (χ0) is 10.8. The Bertz CT molecular complexity index is 520. The first-order chi connectivity index (χ1) is 7.15. The molecule has 0 bridgehead atoms. The monoisotopic (exact) mass is 204 g/mol. The van der Waals surface area contributed by atoms with Gasteiger partial charge >= 0.3 is 5.97 Å². The summed E-state index contributed by atoms with van der Waals surface area (Å²) in [6, 6.07) is 9.53. The van der Waals surface area contributed by atoms with E-state index in [-0.39, 0.29) is 11.8 Å². The molecule has 0 unspecified atom stereocenters. The van der Waals surface area contributed by atoms with Crippen LogP contribution in [0.25, 0.3) is 10.8 Å². The van der Waals surface area contributed by atoms with E-state index < -0.39 is 0 Å². The molecule has 0 N–H and O–H groups in total. The largest absolute Gasteiger partial charge is 0.427 e. The van der Waals surface area contributed by atoms with Gasteiger partial charge in [-0.05, 0) is 35.0 Å². The van der Waals surface area contributed by atoms with Gasteiger partial charge in [-0.25, -0.2) is 4.39 Å². The fourth-order valence-corrected chi connectivity index (χ4v) is 1.42. The van der Waals surface area contributed by atoms with Crippen LogP contribution in [0.5, 0.6) is 5.75 Å². The van der Waals surface area contributed by atoms with Gasteiger partial charge in [-0.2, -0.15) is 0 Å². The summed E-state index contributed by atoms with van der Waals surface area (Å²) < 4.78 is 17.8. The van der Waals surface area contributed by atoms with Gasteiger partial charge in [-0.1, -0.05) is 12.1 Å². The highest BCUT2D eigenvalue weighted by atomic mass is 19.1. The van der Waals surface area contributed by atoms with Gasteiger partial charge < -0.3 is 4.74 Å². The van der Waals surface area contributed by atoms with Gasteiger partial charge in [-0.3, -0.25) is 4.79 Å². The zero-order valence-corrected chi connectivity index (χ0v) is 8.16. The number of hydrogen-bond acceptors (Lipinski definition) is 2. The van der Waals surface area contributed by atoms with E-state index in [1.165, 1.54) is 19.1 Å². The summed E-state index contributed by atoms with van der Waals surface area (Å²) in [5.41, 5.74) is 0. The molecule has 0 saturated heterocycles. The highest BCUT2D eigenvalue weighted by Crippen LogP contribution is 2.21. The molecule has 2 aromatic carbocycles. The van der Waals surface area contributed by atoms with Crippen molar-refractivity contribution in [3.63, 3.8) is 0 Å². The molecule has 0 aliphatic rings. The van der Waals surface area contributed by atoms with Crippen molar-refractivity contribution in [3.8, 4) is 5.75 Å². The van der Waals surface area contributed by atoms with Gasteiger partial charge in [0, 0.05) is 6.92 Å². The van der Waals surface area contributed by atoms with E-state index >= 15 is 0 Å². The number of halogens is 1. The third-order valence-corrected chi connectivity index (χ3v) is 2.04. The van der Waals surface area contributed by atoms with Crippen molar-refractivity contribution in [2.75, 3.05) is 0 Å². The van der Waals surface area contributed by atoms with Gasteiger partial charge in [0.05, 0.1) is 0 Å². The molecule has 0 aliphatic heterocycles. The van der Waals surface area contributed by atoms with E-state index in [0.717, 1.165) is 10.8 Å². The Balaban J connectivity index is 2.47. The minimum atomic E-state index is -0.364. The van der Waals surface area contributed by atoms with Gasteiger partial charge in [-0.15, -0.1) is 0 Å². The maximum Gasteiger partial charge on any atom is 0.308 e. The van der Waals surface area contributed by atoms with Gasteiger partial charge in [0.2, 0.25) is 0 Å². The van der Waals surface area contributed by atoms with Crippen molar-refractivity contribution in [1.29, 1.82) is 0 Å². The lowest BCUT2D eigenvalue weighted by molar-refractivity contribution is -0.131. The maximum absolute atomic E-state index is 12.9. The van der Waals surface area contributed by atoms with Gasteiger partial charge in [0.25, 0.3) is 0 Å². The number of ether oxygens (including phenoxy) is 1. The Morgan fingerprint density at radius 2 is 1.80 bits per heavy atom. The zero-order valence-electron chi connectivity index (χ0n) is 8.16. The first kappa shape index (κ1) is 9.65. The standard InChI is InChI=1S/C12H9FO2/c1-8(14)15-12-5-3-9-6-11(13)4-2-10(9)7-12/h2-7H,1H3. The summed E-state index contributed by atoms with van der Waals surface area (Å²) in [5, 5.41) is 1.63. The molecule has 0 fully saturated rings. The van der Waals surface area contributed by atoms with Crippen molar-refractivity contribution in [3.05, 3.63) is 42.2 Å². The summed E-state index contributed by atoms with van der Waals surface area (Å²) in [6.07, 6.45) is 0. The van der Waals surface area contributed by atoms with Crippen molar-refractivity contribution < 1.29 is 13.9 Å². The average molecular weight is 204 g/mol. The Morgan fingerprint density at radius 1 is 1.13 bits per heavy atom. The van der Waals surface area contributed by atoms with E-state index in [0.29, 0.717) is 5.75 Å². The SMILES string of the molecule is CC(=O)Oc1ccc2cc(F)ccc2c1. The third-order valence-electron chi connectivity index (χ3n) is 2.04. The summed E-state index contributed by atoms with van der Waals surface area (Å²) >= 11 is 0.